The maximum atomic E-state index is 13.7. The van der Waals surface area contributed by atoms with E-state index in [9.17, 15) is 28.0 Å². The van der Waals surface area contributed by atoms with Gasteiger partial charge in [-0.3, -0.25) is 29.4 Å². The topological polar surface area (TPSA) is 116 Å². The second kappa shape index (κ2) is 8.63. The van der Waals surface area contributed by atoms with Gasteiger partial charge in [0.15, 0.2) is 0 Å². The molecular weight excluding hydrogens is 464 g/mol. The highest BCUT2D eigenvalue weighted by atomic mass is 19.3. The van der Waals surface area contributed by atoms with E-state index < -0.39 is 48.6 Å². The van der Waals surface area contributed by atoms with Crippen LogP contribution in [0.2, 0.25) is 0 Å². The van der Waals surface area contributed by atoms with Gasteiger partial charge in [0, 0.05) is 43.6 Å². The van der Waals surface area contributed by atoms with Crippen molar-refractivity contribution in [2.24, 2.45) is 5.41 Å². The van der Waals surface area contributed by atoms with Crippen molar-refractivity contribution in [3.05, 3.63) is 29.3 Å². The molecule has 5 rings (SSSR count). The zero-order valence-electron chi connectivity index (χ0n) is 19.1. The summed E-state index contributed by atoms with van der Waals surface area (Å²) >= 11 is 0. The highest BCUT2D eigenvalue weighted by Crippen LogP contribution is 2.51. The number of anilines is 1. The number of rotatable bonds is 8. The quantitative estimate of drug-likeness (QED) is 0.529. The summed E-state index contributed by atoms with van der Waals surface area (Å²) in [7, 11) is 0. The van der Waals surface area contributed by atoms with Crippen LogP contribution in [0.25, 0.3) is 0 Å². The SMILES string of the molecule is O=C1CCC(N2C(=O)c3ccc(N4CC5(CC(OCC(F)(F)CCCO)C5)C4)cc3C2=O)C(=O)N1. The number of nitrogens with zero attached hydrogens (tertiary/aromatic N) is 2. The summed E-state index contributed by atoms with van der Waals surface area (Å²) in [5.74, 6) is -5.09. The van der Waals surface area contributed by atoms with Crippen molar-refractivity contribution in [1.29, 1.82) is 0 Å². The standard InChI is InChI=1S/C24H27F2N3O6/c25-24(26,6-1-7-30)13-35-15-9-23(10-15)11-28(12-23)14-2-3-16-17(8-14)22(34)29(21(16)33)18-4-5-19(31)27-20(18)32/h2-3,8,15,18,30H,1,4-7,9-13H2,(H,27,31,32). The summed E-state index contributed by atoms with van der Waals surface area (Å²) in [6.07, 6.45) is 0.981. The Kier molecular flexibility index (Phi) is 5.87. The van der Waals surface area contributed by atoms with Crippen LogP contribution in [0.1, 0.15) is 59.2 Å². The molecular formula is C24H27F2N3O6. The number of nitrogens with one attached hydrogen (secondary N) is 1. The van der Waals surface area contributed by atoms with Crippen LogP contribution in [-0.4, -0.2) is 78.0 Å². The van der Waals surface area contributed by atoms with Crippen LogP contribution in [0.5, 0.6) is 0 Å². The number of amides is 4. The maximum Gasteiger partial charge on any atom is 0.271 e. The number of imide groups is 2. The minimum Gasteiger partial charge on any atom is -0.396 e. The van der Waals surface area contributed by atoms with E-state index in [-0.39, 0.29) is 48.5 Å². The molecule has 1 aliphatic carbocycles. The molecule has 9 nitrogen and oxygen atoms in total. The molecule has 1 saturated carbocycles. The number of alkyl halides is 2. The monoisotopic (exact) mass is 491 g/mol. The van der Waals surface area contributed by atoms with Gasteiger partial charge in [-0.25, -0.2) is 8.78 Å². The number of carbonyl (C=O) groups excluding carboxylic acids is 4. The smallest absolute Gasteiger partial charge is 0.271 e. The Morgan fingerprint density at radius 2 is 1.83 bits per heavy atom. The van der Waals surface area contributed by atoms with Crippen LogP contribution < -0.4 is 10.2 Å². The van der Waals surface area contributed by atoms with Gasteiger partial charge in [-0.1, -0.05) is 0 Å². The van der Waals surface area contributed by atoms with Crippen molar-refractivity contribution in [3.8, 4) is 0 Å². The number of aliphatic hydroxyl groups excluding tert-OH is 1. The zero-order valence-corrected chi connectivity index (χ0v) is 19.1. The van der Waals surface area contributed by atoms with Crippen molar-refractivity contribution in [2.75, 3.05) is 31.2 Å². The maximum absolute atomic E-state index is 13.7. The minimum atomic E-state index is -2.94. The van der Waals surface area contributed by atoms with Gasteiger partial charge in [0.05, 0.1) is 17.2 Å². The van der Waals surface area contributed by atoms with Crippen molar-refractivity contribution in [2.45, 2.75) is 56.6 Å². The summed E-state index contributed by atoms with van der Waals surface area (Å²) in [6, 6.07) is 4.00. The molecule has 3 heterocycles. The van der Waals surface area contributed by atoms with Gasteiger partial charge in [0.2, 0.25) is 11.8 Å². The van der Waals surface area contributed by atoms with Crippen LogP contribution in [0, 0.1) is 5.41 Å². The molecule has 1 atom stereocenters. The zero-order chi connectivity index (χ0) is 25.0. The van der Waals surface area contributed by atoms with Gasteiger partial charge in [-0.05, 0) is 43.9 Å². The number of aliphatic hydroxyl groups is 1. The van der Waals surface area contributed by atoms with Gasteiger partial charge >= 0.3 is 0 Å². The van der Waals surface area contributed by atoms with Gasteiger partial charge in [0.25, 0.3) is 17.7 Å². The molecule has 0 bridgehead atoms. The van der Waals surface area contributed by atoms with E-state index in [0.717, 1.165) is 10.6 Å². The minimum absolute atomic E-state index is 0.00263. The van der Waals surface area contributed by atoms with Crippen molar-refractivity contribution >= 4 is 29.3 Å². The molecule has 188 valence electrons. The van der Waals surface area contributed by atoms with E-state index in [1.807, 2.05) is 0 Å². The lowest BCUT2D eigenvalue weighted by atomic mass is 9.61. The first kappa shape index (κ1) is 23.8. The molecule has 1 aromatic rings. The lowest BCUT2D eigenvalue weighted by Gasteiger charge is -2.59. The van der Waals surface area contributed by atoms with Crippen molar-refractivity contribution < 1.29 is 37.8 Å². The Balaban J connectivity index is 1.17. The number of hydrogen-bond donors (Lipinski definition) is 2. The van der Waals surface area contributed by atoms with Crippen LogP contribution in [0.3, 0.4) is 0 Å². The van der Waals surface area contributed by atoms with E-state index in [2.05, 4.69) is 10.2 Å². The summed E-state index contributed by atoms with van der Waals surface area (Å²) in [5, 5.41) is 10.9. The predicted molar refractivity (Wildman–Crippen MR) is 118 cm³/mol. The van der Waals surface area contributed by atoms with Crippen LogP contribution in [0.15, 0.2) is 18.2 Å². The van der Waals surface area contributed by atoms with E-state index in [1.165, 1.54) is 0 Å². The van der Waals surface area contributed by atoms with Crippen LogP contribution in [-0.2, 0) is 14.3 Å². The number of carbonyl (C=O) groups is 4. The normalized spacial score (nSPS) is 23.9. The highest BCUT2D eigenvalue weighted by Gasteiger charge is 2.54. The molecule has 3 aliphatic heterocycles. The van der Waals surface area contributed by atoms with Gasteiger partial charge in [0.1, 0.15) is 12.6 Å². The number of halogens is 2. The Hall–Kier alpha value is -2.92. The Bertz CT molecular complexity index is 1080. The number of piperidine rings is 1. The fourth-order valence-electron chi connectivity index (χ4n) is 5.53. The average Bonchev–Trinajstić information content (AvgIpc) is 3.00. The molecule has 1 spiro atoms. The lowest BCUT2D eigenvalue weighted by Crippen LogP contribution is -2.64. The summed E-state index contributed by atoms with van der Waals surface area (Å²) in [5.41, 5.74) is 1.25. The lowest BCUT2D eigenvalue weighted by molar-refractivity contribution is -0.154. The van der Waals surface area contributed by atoms with E-state index in [4.69, 9.17) is 9.84 Å². The Labute approximate surface area is 200 Å². The third-order valence-corrected chi connectivity index (χ3v) is 7.39. The highest BCUT2D eigenvalue weighted by molar-refractivity contribution is 6.23. The first-order valence-corrected chi connectivity index (χ1v) is 11.8. The van der Waals surface area contributed by atoms with Crippen LogP contribution >= 0.6 is 0 Å². The third-order valence-electron chi connectivity index (χ3n) is 7.39. The number of benzene rings is 1. The fourth-order valence-corrected chi connectivity index (χ4v) is 5.53. The largest absolute Gasteiger partial charge is 0.396 e. The molecule has 11 heteroatoms. The average molecular weight is 491 g/mol. The van der Waals surface area contributed by atoms with Gasteiger partial charge in [-0.15, -0.1) is 0 Å². The first-order chi connectivity index (χ1) is 16.6. The van der Waals surface area contributed by atoms with Gasteiger partial charge < -0.3 is 14.7 Å². The Morgan fingerprint density at radius 1 is 1.11 bits per heavy atom. The van der Waals surface area contributed by atoms with E-state index >= 15 is 0 Å². The summed E-state index contributed by atoms with van der Waals surface area (Å²) in [6.45, 7) is 0.495. The molecule has 0 radical (unpaired) electrons. The second-order valence-electron chi connectivity index (χ2n) is 10.1. The fraction of sp³-hybridized carbons (Fsp3) is 0.583. The number of fused-ring (bicyclic) bond motifs is 1. The Morgan fingerprint density at radius 3 is 2.51 bits per heavy atom. The molecule has 1 unspecified atom stereocenters. The van der Waals surface area contributed by atoms with E-state index in [0.29, 0.717) is 25.9 Å². The van der Waals surface area contributed by atoms with Crippen molar-refractivity contribution in [3.63, 3.8) is 0 Å². The molecule has 4 amide bonds. The first-order valence-electron chi connectivity index (χ1n) is 11.8. The number of ether oxygens (including phenoxy) is 1. The van der Waals surface area contributed by atoms with Gasteiger partial charge in [-0.2, -0.15) is 0 Å². The summed E-state index contributed by atoms with van der Waals surface area (Å²) in [4.78, 5) is 52.5. The molecule has 1 aromatic carbocycles. The van der Waals surface area contributed by atoms with Crippen LogP contribution in [0.4, 0.5) is 14.5 Å². The molecule has 4 aliphatic rings. The van der Waals surface area contributed by atoms with E-state index in [1.54, 1.807) is 18.2 Å². The predicted octanol–water partition coefficient (Wildman–Crippen LogP) is 1.48. The molecule has 35 heavy (non-hydrogen) atoms. The second-order valence-corrected chi connectivity index (χ2v) is 10.1. The number of hydrogen-bond acceptors (Lipinski definition) is 7. The summed E-state index contributed by atoms with van der Waals surface area (Å²) < 4.78 is 32.8. The molecule has 0 aromatic heterocycles. The molecule has 2 saturated heterocycles. The molecule has 2 N–H and O–H groups in total. The van der Waals surface area contributed by atoms with Crippen molar-refractivity contribution in [1.82, 2.24) is 10.2 Å². The third kappa shape index (κ3) is 4.31. The molecule has 3 fully saturated rings.